The number of nitrogens with two attached hydrogens (primary N) is 1. The van der Waals surface area contributed by atoms with E-state index >= 15 is 0 Å². The first-order valence-electron chi connectivity index (χ1n) is 8.55. The van der Waals surface area contributed by atoms with Crippen LogP contribution < -0.4 is 5.73 Å². The highest BCUT2D eigenvalue weighted by Gasteiger charge is 2.30. The molecule has 0 spiro atoms. The molecule has 0 aromatic carbocycles. The highest BCUT2D eigenvalue weighted by Crippen LogP contribution is 2.37. The van der Waals surface area contributed by atoms with E-state index in [1.165, 1.54) is 69.9 Å². The van der Waals surface area contributed by atoms with Gasteiger partial charge < -0.3 is 5.73 Å². The highest BCUT2D eigenvalue weighted by molar-refractivity contribution is 5.05. The minimum absolute atomic E-state index is 0.325. The molecule has 20 heavy (non-hydrogen) atoms. The van der Waals surface area contributed by atoms with E-state index in [1.54, 1.807) is 0 Å². The van der Waals surface area contributed by atoms with Crippen molar-refractivity contribution in [2.75, 3.05) is 6.54 Å². The lowest BCUT2D eigenvalue weighted by atomic mass is 9.76. The van der Waals surface area contributed by atoms with E-state index in [2.05, 4.69) is 16.9 Å². The predicted octanol–water partition coefficient (Wildman–Crippen LogP) is 3.84. The Balaban J connectivity index is 1.68. The van der Waals surface area contributed by atoms with Crippen molar-refractivity contribution in [1.29, 1.82) is 0 Å². The van der Waals surface area contributed by atoms with Gasteiger partial charge in [0.2, 0.25) is 0 Å². The van der Waals surface area contributed by atoms with Gasteiger partial charge in [-0.25, -0.2) is 0 Å². The van der Waals surface area contributed by atoms with E-state index in [9.17, 15) is 0 Å². The molecule has 0 saturated heterocycles. The van der Waals surface area contributed by atoms with Gasteiger partial charge >= 0.3 is 0 Å². The second kappa shape index (κ2) is 6.30. The van der Waals surface area contributed by atoms with Crippen LogP contribution in [0, 0.1) is 5.41 Å². The van der Waals surface area contributed by atoms with E-state index < -0.39 is 0 Å². The average Bonchev–Trinajstić information content (AvgIpc) is 3.08. The van der Waals surface area contributed by atoms with Gasteiger partial charge in [-0.15, -0.1) is 0 Å². The third kappa shape index (κ3) is 3.08. The smallest absolute Gasteiger partial charge is 0.0630 e. The Morgan fingerprint density at radius 2 is 1.80 bits per heavy atom. The van der Waals surface area contributed by atoms with Crippen molar-refractivity contribution < 1.29 is 0 Å². The van der Waals surface area contributed by atoms with Crippen LogP contribution in [0.5, 0.6) is 0 Å². The molecule has 3 nitrogen and oxygen atoms in total. The van der Waals surface area contributed by atoms with Crippen molar-refractivity contribution in [1.82, 2.24) is 9.78 Å². The van der Waals surface area contributed by atoms with Crippen molar-refractivity contribution in [3.63, 3.8) is 0 Å². The molecule has 0 radical (unpaired) electrons. The van der Waals surface area contributed by atoms with Gasteiger partial charge in [0, 0.05) is 6.20 Å². The summed E-state index contributed by atoms with van der Waals surface area (Å²) in [5, 5.41) is 4.87. The standard InChI is InChI=1S/C17H29N3/c18-14-17(10-5-1-2-6-11-17)13-15-9-12-20(19-15)16-7-3-4-8-16/h9,12,16H,1-8,10-11,13-14,18H2. The minimum Gasteiger partial charge on any atom is -0.330 e. The maximum atomic E-state index is 6.15. The summed E-state index contributed by atoms with van der Waals surface area (Å²) in [6.07, 6.45) is 16.7. The fourth-order valence-electron chi connectivity index (χ4n) is 4.16. The molecule has 0 aliphatic heterocycles. The normalized spacial score (nSPS) is 23.9. The van der Waals surface area contributed by atoms with Crippen LogP contribution >= 0.6 is 0 Å². The fourth-order valence-corrected chi connectivity index (χ4v) is 4.16. The molecule has 0 atom stereocenters. The van der Waals surface area contributed by atoms with Gasteiger partial charge in [-0.2, -0.15) is 5.10 Å². The molecule has 2 aliphatic rings. The Hall–Kier alpha value is -0.830. The van der Waals surface area contributed by atoms with Crippen LogP contribution in [-0.2, 0) is 6.42 Å². The topological polar surface area (TPSA) is 43.8 Å². The fraction of sp³-hybridized carbons (Fsp3) is 0.824. The SMILES string of the molecule is NCC1(Cc2ccn(C3CCCC3)n2)CCCCCC1. The van der Waals surface area contributed by atoms with Crippen molar-refractivity contribution >= 4 is 0 Å². The molecular weight excluding hydrogens is 246 g/mol. The summed E-state index contributed by atoms with van der Waals surface area (Å²) < 4.78 is 2.23. The largest absolute Gasteiger partial charge is 0.330 e. The quantitative estimate of drug-likeness (QED) is 0.848. The molecular formula is C17H29N3. The zero-order valence-corrected chi connectivity index (χ0v) is 12.7. The summed E-state index contributed by atoms with van der Waals surface area (Å²) in [6, 6.07) is 2.90. The highest BCUT2D eigenvalue weighted by atomic mass is 15.3. The van der Waals surface area contributed by atoms with Crippen molar-refractivity contribution in [2.24, 2.45) is 11.1 Å². The molecule has 3 heteroatoms. The summed E-state index contributed by atoms with van der Waals surface area (Å²) in [5.41, 5.74) is 7.74. The molecule has 1 aromatic rings. The molecule has 2 fully saturated rings. The molecule has 1 heterocycles. The monoisotopic (exact) mass is 275 g/mol. The summed E-state index contributed by atoms with van der Waals surface area (Å²) in [6.45, 7) is 0.823. The second-order valence-electron chi connectivity index (χ2n) is 7.02. The minimum atomic E-state index is 0.325. The molecule has 0 bridgehead atoms. The van der Waals surface area contributed by atoms with Crippen LogP contribution in [0.1, 0.15) is 75.9 Å². The molecule has 0 amide bonds. The van der Waals surface area contributed by atoms with Crippen LogP contribution in [0.3, 0.4) is 0 Å². The molecule has 3 rings (SSSR count). The van der Waals surface area contributed by atoms with Crippen LogP contribution in [0.15, 0.2) is 12.3 Å². The number of hydrogen-bond donors (Lipinski definition) is 1. The maximum absolute atomic E-state index is 6.15. The van der Waals surface area contributed by atoms with Gasteiger partial charge in [0.25, 0.3) is 0 Å². The lowest BCUT2D eigenvalue weighted by Gasteiger charge is -2.30. The van der Waals surface area contributed by atoms with Gasteiger partial charge in [-0.1, -0.05) is 38.5 Å². The molecule has 1 aromatic heterocycles. The third-order valence-electron chi connectivity index (χ3n) is 5.52. The van der Waals surface area contributed by atoms with E-state index in [0.29, 0.717) is 11.5 Å². The van der Waals surface area contributed by atoms with Gasteiger partial charge in [0.15, 0.2) is 0 Å². The molecule has 0 unspecified atom stereocenters. The Morgan fingerprint density at radius 3 is 2.45 bits per heavy atom. The Bertz CT molecular complexity index is 410. The van der Waals surface area contributed by atoms with Crippen LogP contribution in [0.4, 0.5) is 0 Å². The van der Waals surface area contributed by atoms with Gasteiger partial charge in [-0.3, -0.25) is 4.68 Å². The Kier molecular flexibility index (Phi) is 4.45. The molecule has 112 valence electrons. The van der Waals surface area contributed by atoms with Gasteiger partial charge in [0.05, 0.1) is 11.7 Å². The van der Waals surface area contributed by atoms with Crippen molar-refractivity contribution in [3.05, 3.63) is 18.0 Å². The van der Waals surface area contributed by atoms with Crippen LogP contribution in [0.25, 0.3) is 0 Å². The van der Waals surface area contributed by atoms with E-state index in [4.69, 9.17) is 10.8 Å². The predicted molar refractivity (Wildman–Crippen MR) is 82.6 cm³/mol. The Morgan fingerprint density at radius 1 is 1.10 bits per heavy atom. The summed E-state index contributed by atoms with van der Waals surface area (Å²) in [7, 11) is 0. The number of nitrogens with zero attached hydrogens (tertiary/aromatic N) is 2. The lowest BCUT2D eigenvalue weighted by Crippen LogP contribution is -2.32. The van der Waals surface area contributed by atoms with Gasteiger partial charge in [0.1, 0.15) is 0 Å². The van der Waals surface area contributed by atoms with Crippen LogP contribution in [0.2, 0.25) is 0 Å². The van der Waals surface area contributed by atoms with Gasteiger partial charge in [-0.05, 0) is 50.1 Å². The zero-order chi connectivity index (χ0) is 13.8. The number of rotatable bonds is 4. The summed E-state index contributed by atoms with van der Waals surface area (Å²) in [4.78, 5) is 0. The molecule has 2 saturated carbocycles. The number of aromatic nitrogens is 2. The maximum Gasteiger partial charge on any atom is 0.0630 e. The number of hydrogen-bond acceptors (Lipinski definition) is 2. The van der Waals surface area contributed by atoms with E-state index in [0.717, 1.165) is 13.0 Å². The van der Waals surface area contributed by atoms with Crippen LogP contribution in [-0.4, -0.2) is 16.3 Å². The third-order valence-corrected chi connectivity index (χ3v) is 5.52. The average molecular weight is 275 g/mol. The van der Waals surface area contributed by atoms with E-state index in [1.807, 2.05) is 0 Å². The molecule has 2 N–H and O–H groups in total. The van der Waals surface area contributed by atoms with Crippen molar-refractivity contribution in [2.45, 2.75) is 76.7 Å². The first kappa shape index (κ1) is 14.1. The zero-order valence-electron chi connectivity index (χ0n) is 12.7. The van der Waals surface area contributed by atoms with E-state index in [-0.39, 0.29) is 0 Å². The molecule has 2 aliphatic carbocycles. The Labute approximate surface area is 122 Å². The second-order valence-corrected chi connectivity index (χ2v) is 7.02. The first-order chi connectivity index (χ1) is 9.81. The summed E-state index contributed by atoms with van der Waals surface area (Å²) >= 11 is 0. The summed E-state index contributed by atoms with van der Waals surface area (Å²) in [5.74, 6) is 0. The lowest BCUT2D eigenvalue weighted by molar-refractivity contribution is 0.249. The van der Waals surface area contributed by atoms with Crippen molar-refractivity contribution in [3.8, 4) is 0 Å². The first-order valence-corrected chi connectivity index (χ1v) is 8.55.